The third-order valence-electron chi connectivity index (χ3n) is 8.49. The summed E-state index contributed by atoms with van der Waals surface area (Å²) in [7, 11) is 0. The number of rotatable bonds is 12. The molecule has 0 bridgehead atoms. The lowest BCUT2D eigenvalue weighted by atomic mass is 9.99. The molecule has 0 unspecified atom stereocenters. The molecule has 17 heteroatoms. The number of nitrogens with two attached hydrogens (primary N) is 4. The molecule has 3 aromatic rings. The van der Waals surface area contributed by atoms with Crippen molar-refractivity contribution in [3.63, 3.8) is 0 Å². The number of benzene rings is 3. The second-order valence-corrected chi connectivity index (χ2v) is 12.7. The van der Waals surface area contributed by atoms with E-state index < -0.39 is 60.2 Å². The Morgan fingerprint density at radius 3 is 1.70 bits per heavy atom. The van der Waals surface area contributed by atoms with E-state index >= 15 is 0 Å². The number of amides is 5. The molecule has 0 saturated carbocycles. The van der Waals surface area contributed by atoms with Gasteiger partial charge >= 0.3 is 0 Å². The Morgan fingerprint density at radius 2 is 1.09 bits per heavy atom. The summed E-state index contributed by atoms with van der Waals surface area (Å²) in [5.41, 5.74) is 23.2. The number of nitrogens with zero attached hydrogens (tertiary/aromatic N) is 2. The minimum Gasteiger partial charge on any atom is -0.508 e. The highest BCUT2D eigenvalue weighted by molar-refractivity contribution is 5.97. The van der Waals surface area contributed by atoms with Gasteiger partial charge in [-0.15, -0.1) is 0 Å². The van der Waals surface area contributed by atoms with Crippen LogP contribution in [0.5, 0.6) is 5.75 Å². The van der Waals surface area contributed by atoms with Gasteiger partial charge in [0, 0.05) is 25.9 Å². The van der Waals surface area contributed by atoms with Gasteiger partial charge in [0.25, 0.3) is 0 Å². The van der Waals surface area contributed by atoms with Crippen LogP contribution in [0.15, 0.2) is 76.7 Å². The first kappa shape index (κ1) is 39.4. The van der Waals surface area contributed by atoms with Crippen molar-refractivity contribution in [3.8, 4) is 5.75 Å². The Bertz CT molecular complexity index is 1820. The van der Waals surface area contributed by atoms with Crippen LogP contribution in [0.4, 0.5) is 0 Å². The van der Waals surface area contributed by atoms with Crippen molar-refractivity contribution >= 4 is 52.2 Å². The van der Waals surface area contributed by atoms with E-state index in [9.17, 15) is 29.1 Å². The molecule has 3 aromatic carbocycles. The minimum atomic E-state index is -1.19. The molecule has 4 atom stereocenters. The number of fused-ring (bicyclic) bond motifs is 1. The zero-order valence-electron chi connectivity index (χ0n) is 29.2. The van der Waals surface area contributed by atoms with Crippen LogP contribution in [0.2, 0.25) is 0 Å². The number of carbonyl (C=O) groups excluding carboxylic acids is 5. The molecule has 0 spiro atoms. The predicted octanol–water partition coefficient (Wildman–Crippen LogP) is -1.49. The van der Waals surface area contributed by atoms with Crippen LogP contribution < -0.4 is 49.5 Å². The van der Waals surface area contributed by atoms with Crippen molar-refractivity contribution in [2.75, 3.05) is 19.6 Å². The molecule has 1 saturated heterocycles. The van der Waals surface area contributed by atoms with Gasteiger partial charge in [-0.05, 0) is 59.7 Å². The zero-order valence-corrected chi connectivity index (χ0v) is 29.2. The van der Waals surface area contributed by atoms with Gasteiger partial charge in [0.2, 0.25) is 29.5 Å². The lowest BCUT2D eigenvalue weighted by Gasteiger charge is -2.26. The standard InChI is InChI=1S/C36H47N11O6/c37-35(38)41-15-3-7-26-31(50)43-20-30(49)44-28(18-21-10-13-25(48)14-11-21)33(52)46-27(8-4-16-42-36(39)40)32(51)47-29(34(53)45-26)19-22-9-12-23-5-1-2-6-24(23)17-22/h1-2,5-6,9-14,17,26-29,48H,3-4,7-8,15-16,18-20H2,(H,43,50)(H,44,49)(H,45,53)(H,46,52)(H,47,51)(H4,37,38,41)(H4,39,40,42)/t26-,27-,28-,29+/m0/s1. The van der Waals surface area contributed by atoms with Crippen molar-refractivity contribution in [2.45, 2.75) is 62.7 Å². The Balaban J connectivity index is 1.69. The van der Waals surface area contributed by atoms with Gasteiger partial charge in [-0.3, -0.25) is 34.0 Å². The van der Waals surface area contributed by atoms with Crippen molar-refractivity contribution in [3.05, 3.63) is 77.9 Å². The van der Waals surface area contributed by atoms with Gasteiger partial charge in [-0.2, -0.15) is 0 Å². The minimum absolute atomic E-state index is 0.00775. The monoisotopic (exact) mass is 729 g/mol. The molecule has 1 heterocycles. The molecule has 53 heavy (non-hydrogen) atoms. The molecular weight excluding hydrogens is 682 g/mol. The maximum Gasteiger partial charge on any atom is 0.243 e. The number of hydrogen-bond donors (Lipinski definition) is 10. The first-order chi connectivity index (χ1) is 25.4. The maximum atomic E-state index is 14.0. The van der Waals surface area contributed by atoms with E-state index in [-0.39, 0.29) is 62.9 Å². The molecule has 0 aliphatic carbocycles. The zero-order chi connectivity index (χ0) is 38.3. The average Bonchev–Trinajstić information content (AvgIpc) is 3.12. The molecule has 0 radical (unpaired) electrons. The van der Waals surface area contributed by atoms with Crippen LogP contribution in [0.25, 0.3) is 10.8 Å². The van der Waals surface area contributed by atoms with E-state index in [1.165, 1.54) is 12.1 Å². The number of hydrogen-bond acceptors (Lipinski definition) is 8. The number of guanidine groups is 2. The van der Waals surface area contributed by atoms with E-state index in [4.69, 9.17) is 22.9 Å². The lowest BCUT2D eigenvalue weighted by molar-refractivity contribution is -0.134. The number of carbonyl (C=O) groups is 5. The highest BCUT2D eigenvalue weighted by Gasteiger charge is 2.32. The molecule has 282 valence electrons. The number of nitrogens with one attached hydrogen (secondary N) is 5. The Hall–Kier alpha value is -6.39. The third kappa shape index (κ3) is 12.7. The molecule has 17 nitrogen and oxygen atoms in total. The summed E-state index contributed by atoms with van der Waals surface area (Å²) in [5.74, 6) is -3.65. The van der Waals surface area contributed by atoms with Crippen molar-refractivity contribution in [2.24, 2.45) is 32.9 Å². The van der Waals surface area contributed by atoms with E-state index in [0.29, 0.717) is 12.0 Å². The van der Waals surface area contributed by atoms with Gasteiger partial charge in [0.1, 0.15) is 29.9 Å². The van der Waals surface area contributed by atoms with Gasteiger partial charge in [0.05, 0.1) is 6.54 Å². The topological polar surface area (TPSA) is 295 Å². The fourth-order valence-corrected chi connectivity index (χ4v) is 5.79. The lowest BCUT2D eigenvalue weighted by Crippen LogP contribution is -2.58. The number of phenols is 1. The summed E-state index contributed by atoms with van der Waals surface area (Å²) in [4.78, 5) is 76.4. The smallest absolute Gasteiger partial charge is 0.243 e. The number of phenolic OH excluding ortho intramolecular Hbond substituents is 1. The fraction of sp³-hybridized carbons (Fsp3) is 0.361. The second-order valence-electron chi connectivity index (χ2n) is 12.7. The maximum absolute atomic E-state index is 14.0. The Labute approximate surface area is 306 Å². The van der Waals surface area contributed by atoms with Crippen LogP contribution in [-0.4, -0.2) is 90.4 Å². The van der Waals surface area contributed by atoms with E-state index in [2.05, 4.69) is 36.6 Å². The summed E-state index contributed by atoms with van der Waals surface area (Å²) < 4.78 is 0. The van der Waals surface area contributed by atoms with E-state index in [1.54, 1.807) is 12.1 Å². The molecule has 1 aliphatic heterocycles. The quantitative estimate of drug-likeness (QED) is 0.0585. The first-order valence-electron chi connectivity index (χ1n) is 17.2. The second kappa shape index (κ2) is 19.3. The Kier molecular flexibility index (Phi) is 14.3. The van der Waals surface area contributed by atoms with Crippen molar-refractivity contribution in [1.82, 2.24) is 26.6 Å². The molecule has 5 amide bonds. The molecule has 4 rings (SSSR count). The van der Waals surface area contributed by atoms with E-state index in [0.717, 1.165) is 16.3 Å². The molecule has 1 fully saturated rings. The number of aromatic hydroxyl groups is 1. The molecular formula is C36H47N11O6. The van der Waals surface area contributed by atoms with Crippen molar-refractivity contribution < 1.29 is 29.1 Å². The highest BCUT2D eigenvalue weighted by Crippen LogP contribution is 2.18. The van der Waals surface area contributed by atoms with Crippen molar-refractivity contribution in [1.29, 1.82) is 0 Å². The highest BCUT2D eigenvalue weighted by atomic mass is 16.3. The summed E-state index contributed by atoms with van der Waals surface area (Å²) in [5, 5.41) is 25.1. The third-order valence-corrected chi connectivity index (χ3v) is 8.49. The van der Waals surface area contributed by atoms with Gasteiger partial charge in [0.15, 0.2) is 11.9 Å². The summed E-state index contributed by atoms with van der Waals surface area (Å²) in [6.45, 7) is -0.182. The van der Waals surface area contributed by atoms with Crippen LogP contribution in [0, 0.1) is 0 Å². The van der Waals surface area contributed by atoms with Crippen LogP contribution in [-0.2, 0) is 36.8 Å². The number of aliphatic imine (C=N–C) groups is 2. The average molecular weight is 730 g/mol. The molecule has 1 aliphatic rings. The molecule has 0 aromatic heterocycles. The van der Waals surface area contributed by atoms with Gasteiger partial charge in [-0.25, -0.2) is 0 Å². The summed E-state index contributed by atoms with van der Waals surface area (Å²) in [6, 6.07) is 14.7. The van der Waals surface area contributed by atoms with E-state index in [1.807, 2.05) is 42.5 Å². The van der Waals surface area contributed by atoms with Gasteiger partial charge < -0.3 is 54.6 Å². The Morgan fingerprint density at radius 1 is 0.604 bits per heavy atom. The SMILES string of the molecule is NC(N)=NCCC[C@@H]1NC(=O)[C@H](Cc2ccc(O)cc2)NC(=O)CNC(=O)[C@H](CCCN=C(N)N)NC(=O)[C@@H](Cc2ccc3ccccc3c2)NC1=O. The molecule has 14 N–H and O–H groups in total. The largest absolute Gasteiger partial charge is 0.508 e. The summed E-state index contributed by atoms with van der Waals surface area (Å²) >= 11 is 0. The van der Waals surface area contributed by atoms with Crippen LogP contribution in [0.3, 0.4) is 0 Å². The fourth-order valence-electron chi connectivity index (χ4n) is 5.79. The van der Waals surface area contributed by atoms with Crippen LogP contribution in [0.1, 0.15) is 36.8 Å². The van der Waals surface area contributed by atoms with Gasteiger partial charge in [-0.1, -0.05) is 54.6 Å². The first-order valence-corrected chi connectivity index (χ1v) is 17.2. The predicted molar refractivity (Wildman–Crippen MR) is 200 cm³/mol. The van der Waals surface area contributed by atoms with Crippen LogP contribution >= 0.6 is 0 Å². The normalized spacial score (nSPS) is 20.0. The summed E-state index contributed by atoms with van der Waals surface area (Å²) in [6.07, 6.45) is 0.795.